The minimum Gasteiger partial charge on any atom is -0.493 e. The normalized spacial score (nSPS) is 16.6. The number of halogens is 1. The first kappa shape index (κ1) is 23.6. The Bertz CT molecular complexity index is 966. The van der Waals surface area contributed by atoms with E-state index in [-0.39, 0.29) is 11.3 Å². The molecule has 0 bridgehead atoms. The topological polar surface area (TPSA) is 64.4 Å². The Morgan fingerprint density at radius 3 is 2.52 bits per heavy atom. The minimum absolute atomic E-state index is 0.174. The fourth-order valence-corrected chi connectivity index (χ4v) is 4.88. The predicted molar refractivity (Wildman–Crippen MR) is 121 cm³/mol. The Morgan fingerprint density at radius 1 is 1.23 bits per heavy atom. The number of ether oxygens (including phenoxy) is 1. The molecule has 1 aliphatic heterocycles. The lowest BCUT2D eigenvalue weighted by molar-refractivity contribution is 0.215. The van der Waals surface area contributed by atoms with Crippen molar-refractivity contribution in [1.82, 2.24) is 9.66 Å². The highest BCUT2D eigenvalue weighted by Crippen LogP contribution is 2.27. The van der Waals surface area contributed by atoms with E-state index < -0.39 is 15.7 Å². The van der Waals surface area contributed by atoms with Gasteiger partial charge in [-0.1, -0.05) is 26.8 Å². The van der Waals surface area contributed by atoms with Gasteiger partial charge >= 0.3 is 0 Å². The molecule has 0 unspecified atom stereocenters. The van der Waals surface area contributed by atoms with Crippen LogP contribution in [0.4, 0.5) is 4.39 Å². The third kappa shape index (κ3) is 6.69. The van der Waals surface area contributed by atoms with Gasteiger partial charge in [-0.3, -0.25) is 4.68 Å². The molecule has 1 fully saturated rings. The van der Waals surface area contributed by atoms with Gasteiger partial charge in [-0.2, -0.15) is 0 Å². The maximum absolute atomic E-state index is 14.1. The number of piperidine rings is 1. The highest BCUT2D eigenvalue weighted by molar-refractivity contribution is 7.89. The molecule has 0 spiro atoms. The quantitative estimate of drug-likeness (QED) is 0.573. The molecule has 2 heterocycles. The third-order valence-corrected chi connectivity index (χ3v) is 6.95. The second-order valence-electron chi connectivity index (χ2n) is 9.06. The van der Waals surface area contributed by atoms with Crippen molar-refractivity contribution in [2.24, 2.45) is 11.8 Å². The summed E-state index contributed by atoms with van der Waals surface area (Å²) >= 11 is 0. The number of rotatable bonds is 9. The maximum Gasteiger partial charge on any atom is 0.151 e. The molecule has 1 atom stereocenters. The highest BCUT2D eigenvalue weighted by Gasteiger charge is 2.24. The molecule has 2 aromatic rings. The van der Waals surface area contributed by atoms with Crippen LogP contribution < -0.4 is 9.75 Å². The maximum atomic E-state index is 14.1. The van der Waals surface area contributed by atoms with E-state index in [1.54, 1.807) is 6.07 Å². The van der Waals surface area contributed by atoms with Crippen molar-refractivity contribution < 1.29 is 17.5 Å². The zero-order chi connectivity index (χ0) is 22.6. The minimum atomic E-state index is -3.27. The lowest BCUT2D eigenvalue weighted by atomic mass is 9.84. The van der Waals surface area contributed by atoms with Crippen molar-refractivity contribution >= 4 is 9.84 Å². The van der Waals surface area contributed by atoms with E-state index in [4.69, 9.17) is 4.74 Å². The molecular formula is C23H34FN3O3S. The van der Waals surface area contributed by atoms with E-state index in [0.717, 1.165) is 44.3 Å². The summed E-state index contributed by atoms with van der Waals surface area (Å²) in [5.41, 5.74) is 1.29. The van der Waals surface area contributed by atoms with Gasteiger partial charge in [-0.05, 0) is 43.1 Å². The lowest BCUT2D eigenvalue weighted by Gasteiger charge is -2.36. The molecule has 0 N–H and O–H groups in total. The standard InChI is InChI=1S/C23H34FN3O3S/c1-17(2)23-14-27(16-25-23)26-10-7-19(8-11-26)18(3)9-12-30-21-6-5-20(22(24)13-21)15-31(4,28)29/h5-6,13-14,16-19H,7-12,15H2,1-4H3/t18-/m1/s1. The largest absolute Gasteiger partial charge is 0.493 e. The Morgan fingerprint density at radius 2 is 1.94 bits per heavy atom. The molecule has 0 saturated carbocycles. The molecular weight excluding hydrogens is 417 g/mol. The van der Waals surface area contributed by atoms with Crippen molar-refractivity contribution in [1.29, 1.82) is 0 Å². The Balaban J connectivity index is 1.43. The number of sulfone groups is 1. The molecule has 0 aliphatic carbocycles. The Labute approximate surface area is 185 Å². The van der Waals surface area contributed by atoms with Crippen LogP contribution >= 0.6 is 0 Å². The van der Waals surface area contributed by atoms with E-state index >= 15 is 0 Å². The van der Waals surface area contributed by atoms with Crippen molar-refractivity contribution in [3.63, 3.8) is 0 Å². The van der Waals surface area contributed by atoms with Gasteiger partial charge in [-0.15, -0.1) is 0 Å². The molecule has 0 radical (unpaired) electrons. The number of hydrogen-bond donors (Lipinski definition) is 0. The van der Waals surface area contributed by atoms with Crippen LogP contribution in [0.3, 0.4) is 0 Å². The Hall–Kier alpha value is -2.09. The second-order valence-corrected chi connectivity index (χ2v) is 11.2. The van der Waals surface area contributed by atoms with Gasteiger partial charge in [0.1, 0.15) is 17.9 Å². The van der Waals surface area contributed by atoms with Crippen LogP contribution in [0, 0.1) is 17.7 Å². The smallest absolute Gasteiger partial charge is 0.151 e. The fraction of sp³-hybridized carbons (Fsp3) is 0.609. The molecule has 3 rings (SSSR count). The summed E-state index contributed by atoms with van der Waals surface area (Å²) in [5, 5.41) is 2.35. The molecule has 1 saturated heterocycles. The SMILES string of the molecule is CC(C)c1cn(N2CCC([C@H](C)CCOc3ccc(CS(C)(=O)=O)c(F)c3)CC2)cn1. The second kappa shape index (κ2) is 10.0. The lowest BCUT2D eigenvalue weighted by Crippen LogP contribution is -2.42. The number of aromatic nitrogens is 2. The molecule has 8 heteroatoms. The van der Waals surface area contributed by atoms with E-state index in [2.05, 4.69) is 41.6 Å². The molecule has 1 aromatic carbocycles. The van der Waals surface area contributed by atoms with E-state index in [1.807, 2.05) is 6.33 Å². The van der Waals surface area contributed by atoms with Gasteiger partial charge < -0.3 is 9.75 Å². The molecule has 6 nitrogen and oxygen atoms in total. The zero-order valence-corrected chi connectivity index (χ0v) is 19.7. The first-order chi connectivity index (χ1) is 14.6. The fourth-order valence-electron chi connectivity index (χ4n) is 4.08. The summed E-state index contributed by atoms with van der Waals surface area (Å²) in [7, 11) is -3.27. The first-order valence-corrected chi connectivity index (χ1v) is 13.1. The summed E-state index contributed by atoms with van der Waals surface area (Å²) in [6, 6.07) is 4.41. The van der Waals surface area contributed by atoms with Crippen molar-refractivity contribution in [2.75, 3.05) is 31.0 Å². The summed E-state index contributed by atoms with van der Waals surface area (Å²) in [6.45, 7) is 9.11. The molecule has 1 aromatic heterocycles. The van der Waals surface area contributed by atoms with Crippen LogP contribution in [-0.4, -0.2) is 44.0 Å². The summed E-state index contributed by atoms with van der Waals surface area (Å²) in [4.78, 5) is 4.49. The van der Waals surface area contributed by atoms with Crippen LogP contribution in [-0.2, 0) is 15.6 Å². The van der Waals surface area contributed by atoms with E-state index in [9.17, 15) is 12.8 Å². The summed E-state index contributed by atoms with van der Waals surface area (Å²) in [5.74, 6) is 1.20. The van der Waals surface area contributed by atoms with Gasteiger partial charge in [-0.25, -0.2) is 17.8 Å². The third-order valence-electron chi connectivity index (χ3n) is 6.11. The van der Waals surface area contributed by atoms with Crippen molar-refractivity contribution in [3.8, 4) is 5.75 Å². The van der Waals surface area contributed by atoms with Gasteiger partial charge in [0, 0.05) is 37.2 Å². The summed E-state index contributed by atoms with van der Waals surface area (Å²) in [6.07, 6.45) is 8.30. The monoisotopic (exact) mass is 451 g/mol. The van der Waals surface area contributed by atoms with Crippen LogP contribution in [0.2, 0.25) is 0 Å². The zero-order valence-electron chi connectivity index (χ0n) is 18.9. The van der Waals surface area contributed by atoms with Crippen LogP contribution in [0.25, 0.3) is 0 Å². The number of benzene rings is 1. The van der Waals surface area contributed by atoms with Crippen LogP contribution in [0.15, 0.2) is 30.7 Å². The highest BCUT2D eigenvalue weighted by atomic mass is 32.2. The van der Waals surface area contributed by atoms with Crippen LogP contribution in [0.1, 0.15) is 57.2 Å². The average Bonchev–Trinajstić information content (AvgIpc) is 3.20. The molecule has 31 heavy (non-hydrogen) atoms. The number of hydrogen-bond acceptors (Lipinski definition) is 5. The van der Waals surface area contributed by atoms with Gasteiger partial charge in [0.15, 0.2) is 9.84 Å². The molecule has 172 valence electrons. The number of imidazole rings is 1. The first-order valence-electron chi connectivity index (χ1n) is 11.0. The molecule has 1 aliphatic rings. The van der Waals surface area contributed by atoms with E-state index in [0.29, 0.717) is 30.1 Å². The van der Waals surface area contributed by atoms with E-state index in [1.165, 1.54) is 12.1 Å². The predicted octanol–water partition coefficient (Wildman–Crippen LogP) is 4.14. The van der Waals surface area contributed by atoms with Crippen molar-refractivity contribution in [3.05, 3.63) is 47.8 Å². The summed E-state index contributed by atoms with van der Waals surface area (Å²) < 4.78 is 44.7. The van der Waals surface area contributed by atoms with Crippen molar-refractivity contribution in [2.45, 2.75) is 51.7 Å². The van der Waals surface area contributed by atoms with Crippen LogP contribution in [0.5, 0.6) is 5.75 Å². The average molecular weight is 452 g/mol. The number of nitrogens with zero attached hydrogens (tertiary/aromatic N) is 3. The van der Waals surface area contributed by atoms with Gasteiger partial charge in [0.25, 0.3) is 0 Å². The molecule has 0 amide bonds. The Kier molecular flexibility index (Phi) is 7.62. The van der Waals surface area contributed by atoms with Gasteiger partial charge in [0.2, 0.25) is 0 Å². The van der Waals surface area contributed by atoms with Gasteiger partial charge in [0.05, 0.1) is 18.1 Å².